The topological polar surface area (TPSA) is 0 Å². The molecule has 0 N–H and O–H groups in total. The van der Waals surface area contributed by atoms with Crippen LogP contribution in [0, 0.1) is 0 Å². The van der Waals surface area contributed by atoms with Crippen LogP contribution in [-0.4, -0.2) is 39.2 Å². The third-order valence-corrected chi connectivity index (χ3v) is 8.14. The average Bonchev–Trinajstić information content (AvgIpc) is 3.02. The van der Waals surface area contributed by atoms with Gasteiger partial charge in [-0.3, -0.25) is 0 Å². The van der Waals surface area contributed by atoms with Gasteiger partial charge in [-0.15, -0.1) is 16.4 Å². The summed E-state index contributed by atoms with van der Waals surface area (Å²) in [7, 11) is 32.0. The van der Waals surface area contributed by atoms with Crippen molar-refractivity contribution in [3.63, 3.8) is 0 Å². The summed E-state index contributed by atoms with van der Waals surface area (Å²) in [5, 5.41) is 6.51. The normalized spacial score (nSPS) is 11.4. The first-order chi connectivity index (χ1) is 20.0. The van der Waals surface area contributed by atoms with Gasteiger partial charge in [0.05, 0.1) is 0 Å². The lowest BCUT2D eigenvalue weighted by Crippen LogP contribution is -2.55. The second kappa shape index (κ2) is 9.93. The summed E-state index contributed by atoms with van der Waals surface area (Å²) in [6.45, 7) is 0. The van der Waals surface area contributed by atoms with E-state index in [1.165, 1.54) is 21.9 Å². The Labute approximate surface area is 246 Å². The second-order valence-corrected chi connectivity index (χ2v) is 10.4. The van der Waals surface area contributed by atoms with Crippen molar-refractivity contribution in [3.05, 3.63) is 115 Å². The average molecular weight is 506 g/mol. The number of rotatable bonds is 3. The molecule has 7 rings (SSSR count). The van der Waals surface area contributed by atoms with Gasteiger partial charge in [0, 0.05) is 0 Å². The van der Waals surface area contributed by atoms with E-state index >= 15 is 0 Å². The molecule has 7 aromatic carbocycles. The van der Waals surface area contributed by atoms with Gasteiger partial charge in [-0.1, -0.05) is 120 Å². The van der Waals surface area contributed by atoms with Gasteiger partial charge in [0.2, 0.25) is 0 Å². The number of hydrogen-bond acceptors (Lipinski definition) is 0. The molecule has 0 fully saturated rings. The van der Waals surface area contributed by atoms with E-state index in [9.17, 15) is 0 Å². The first-order valence-electron chi connectivity index (χ1n) is 13.5. The highest BCUT2D eigenvalue weighted by Crippen LogP contribution is 2.44. The Morgan fingerprint density at radius 3 is 1.41 bits per heavy atom. The number of fused-ring (bicyclic) bond motifs is 3. The molecule has 0 amide bonds. The molecule has 0 aliphatic rings. The minimum atomic E-state index is 0.208. The van der Waals surface area contributed by atoms with Gasteiger partial charge >= 0.3 is 0 Å². The van der Waals surface area contributed by atoms with Crippen molar-refractivity contribution in [2.24, 2.45) is 0 Å². The monoisotopic (exact) mass is 506 g/mol. The lowest BCUT2D eigenvalue weighted by Gasteiger charge is -2.25. The van der Waals surface area contributed by atoms with Crippen molar-refractivity contribution in [2.45, 2.75) is 0 Å². The van der Waals surface area contributed by atoms with E-state index in [-0.39, 0.29) is 16.4 Å². The first-order valence-corrected chi connectivity index (χ1v) is 13.5. The van der Waals surface area contributed by atoms with Crippen molar-refractivity contribution in [3.8, 4) is 33.4 Å². The van der Waals surface area contributed by atoms with E-state index in [0.29, 0.717) is 16.5 Å². The second-order valence-electron chi connectivity index (χ2n) is 10.4. The van der Waals surface area contributed by atoms with Gasteiger partial charge in [0.1, 0.15) is 39.2 Å². The molecule has 0 aromatic heterocycles. The van der Waals surface area contributed by atoms with E-state index in [0.717, 1.165) is 38.2 Å². The van der Waals surface area contributed by atoms with Crippen LogP contribution in [0.2, 0.25) is 0 Å². The number of benzene rings is 7. The van der Waals surface area contributed by atoms with Crippen molar-refractivity contribution in [1.82, 2.24) is 0 Å². The molecule has 5 heteroatoms. The molecule has 0 saturated heterocycles. The van der Waals surface area contributed by atoms with Crippen LogP contribution >= 0.6 is 0 Å². The van der Waals surface area contributed by atoms with Gasteiger partial charge in [-0.2, -0.15) is 0 Å². The Balaban J connectivity index is 1.59. The largest absolute Gasteiger partial charge is 0.113 e. The predicted molar refractivity (Wildman–Crippen MR) is 182 cm³/mol. The quantitative estimate of drug-likeness (QED) is 0.251. The molecule has 7 aromatic rings. The van der Waals surface area contributed by atoms with Crippen molar-refractivity contribution in [2.75, 3.05) is 0 Å². The van der Waals surface area contributed by atoms with Crippen LogP contribution in [0.15, 0.2) is 115 Å². The Bertz CT molecular complexity index is 2060. The smallest absolute Gasteiger partial charge is 0.112 e. The molecule has 178 valence electrons. The Hall–Kier alpha value is -4.36. The molecule has 0 atom stereocenters. The van der Waals surface area contributed by atoms with Crippen molar-refractivity contribution in [1.29, 1.82) is 0 Å². The molecule has 0 spiro atoms. The van der Waals surface area contributed by atoms with Gasteiger partial charge in [-0.25, -0.2) is 0 Å². The molecule has 0 aliphatic carbocycles. The zero-order valence-corrected chi connectivity index (χ0v) is 22.4. The fraction of sp³-hybridized carbons (Fsp3) is 0. The maximum atomic E-state index is 6.61. The predicted octanol–water partition coefficient (Wildman–Crippen LogP) is 4.12. The van der Waals surface area contributed by atoms with Crippen LogP contribution in [0.25, 0.3) is 65.7 Å². The first kappa shape index (κ1) is 25.6. The molecule has 0 nitrogen and oxygen atoms in total. The van der Waals surface area contributed by atoms with Gasteiger partial charge in [0.25, 0.3) is 0 Å². The van der Waals surface area contributed by atoms with E-state index in [1.54, 1.807) is 0 Å². The molecule has 0 bridgehead atoms. The maximum absolute atomic E-state index is 6.61. The van der Waals surface area contributed by atoms with Crippen LogP contribution < -0.4 is 27.3 Å². The molecule has 41 heavy (non-hydrogen) atoms. The van der Waals surface area contributed by atoms with E-state index < -0.39 is 0 Å². The van der Waals surface area contributed by atoms with Gasteiger partial charge in [-0.05, 0) is 71.8 Å². The maximum Gasteiger partial charge on any atom is 0.113 e. The van der Waals surface area contributed by atoms with Crippen molar-refractivity contribution >= 4 is 98.9 Å². The van der Waals surface area contributed by atoms with Gasteiger partial charge < -0.3 is 0 Å². The molecule has 0 unspecified atom stereocenters. The highest BCUT2D eigenvalue weighted by Gasteiger charge is 2.21. The highest BCUT2D eigenvalue weighted by atomic mass is 14.2. The van der Waals surface area contributed by atoms with Crippen LogP contribution in [0.5, 0.6) is 0 Å². The Morgan fingerprint density at radius 2 is 0.829 bits per heavy atom. The summed E-state index contributed by atoms with van der Waals surface area (Å²) in [5.74, 6) is 0. The lowest BCUT2D eigenvalue weighted by atomic mass is 9.59. The molecule has 0 heterocycles. The molecular formula is C36H19B5. The fourth-order valence-electron chi connectivity index (χ4n) is 6.12. The van der Waals surface area contributed by atoms with E-state index in [4.69, 9.17) is 39.2 Å². The standard InChI is InChI=1S/C36H19B5/c37-32-31(33(38)35(40)36(41)34(32)39)30-27-14-6-4-12-25(27)29(26-13-5-7-15-28(26)30)24-16-8-11-22-19-21(17-18-23(22)24)20-9-2-1-3-10-20/h1-19H. The number of hydrogen-bond donors (Lipinski definition) is 0. The molecule has 10 radical (unpaired) electrons. The Kier molecular flexibility index (Phi) is 6.20. The van der Waals surface area contributed by atoms with E-state index in [2.05, 4.69) is 97.1 Å². The molecule has 0 saturated carbocycles. The van der Waals surface area contributed by atoms with Crippen molar-refractivity contribution < 1.29 is 0 Å². The SMILES string of the molecule is [B]c1c([B])c([B])c(-c2c3ccccc3c(-c3cccc4cc(-c5ccccc5)ccc34)c3ccccc23)c([B])c1[B]. The summed E-state index contributed by atoms with van der Waals surface area (Å²) in [6.07, 6.45) is 0. The van der Waals surface area contributed by atoms with Crippen LogP contribution in [0.1, 0.15) is 0 Å². The zero-order chi connectivity index (χ0) is 28.2. The zero-order valence-electron chi connectivity index (χ0n) is 22.4. The lowest BCUT2D eigenvalue weighted by molar-refractivity contribution is 1.64. The minimum absolute atomic E-state index is 0.208. The summed E-state index contributed by atoms with van der Waals surface area (Å²) >= 11 is 0. The van der Waals surface area contributed by atoms with E-state index in [1.807, 2.05) is 18.2 Å². The summed E-state index contributed by atoms with van der Waals surface area (Å²) in [4.78, 5) is 0. The molecular weight excluding hydrogens is 486 g/mol. The third kappa shape index (κ3) is 3.98. The summed E-state index contributed by atoms with van der Waals surface area (Å²) in [5.41, 5.74) is 7.52. The summed E-state index contributed by atoms with van der Waals surface area (Å²) < 4.78 is 0. The van der Waals surface area contributed by atoms with Crippen LogP contribution in [-0.2, 0) is 0 Å². The molecule has 0 aliphatic heterocycles. The third-order valence-electron chi connectivity index (χ3n) is 8.14. The minimum Gasteiger partial charge on any atom is -0.112 e. The van der Waals surface area contributed by atoms with Crippen LogP contribution in [0.4, 0.5) is 0 Å². The summed E-state index contributed by atoms with van der Waals surface area (Å²) in [6, 6.07) is 40.3. The Morgan fingerprint density at radius 1 is 0.317 bits per heavy atom. The van der Waals surface area contributed by atoms with Crippen LogP contribution in [0.3, 0.4) is 0 Å². The highest BCUT2D eigenvalue weighted by molar-refractivity contribution is 6.69. The van der Waals surface area contributed by atoms with Gasteiger partial charge in [0.15, 0.2) is 0 Å². The fourth-order valence-corrected chi connectivity index (χ4v) is 6.12.